The van der Waals surface area contributed by atoms with E-state index in [1.165, 1.54) is 17.8 Å². The molecule has 4 rings (SSSR count). The number of aromatic amines is 1. The van der Waals surface area contributed by atoms with Crippen molar-refractivity contribution in [2.24, 2.45) is 7.05 Å². The molecule has 0 aliphatic heterocycles. The van der Waals surface area contributed by atoms with Crippen molar-refractivity contribution in [3.63, 3.8) is 0 Å². The quantitative estimate of drug-likeness (QED) is 0.541. The smallest absolute Gasteiger partial charge is 0.290 e. The number of nitrogens with one attached hydrogen (secondary N) is 1. The van der Waals surface area contributed by atoms with Gasteiger partial charge in [-0.05, 0) is 36.4 Å². The minimum Gasteiger partial charge on any atom is -0.454 e. The Balaban J connectivity index is 1.92. The molecule has 6 nitrogen and oxygen atoms in total. The molecule has 0 saturated heterocycles. The first kappa shape index (κ1) is 16.8. The second-order valence-electron chi connectivity index (χ2n) is 5.98. The highest BCUT2D eigenvalue weighted by Crippen LogP contribution is 2.37. The van der Waals surface area contributed by atoms with Gasteiger partial charge in [0.1, 0.15) is 22.8 Å². The number of ether oxygens (including phenoxy) is 1. The Kier molecular flexibility index (Phi) is 3.88. The van der Waals surface area contributed by atoms with Crippen LogP contribution < -0.4 is 16.0 Å². The van der Waals surface area contributed by atoms with E-state index in [1.54, 1.807) is 30.5 Å². The summed E-state index contributed by atoms with van der Waals surface area (Å²) < 4.78 is 34.0. The predicted molar refractivity (Wildman–Crippen MR) is 97.6 cm³/mol. The number of aryl methyl sites for hydroxylation is 1. The van der Waals surface area contributed by atoms with E-state index in [4.69, 9.17) is 10.5 Å². The molecule has 0 saturated carbocycles. The maximum atomic E-state index is 14.0. The summed E-state index contributed by atoms with van der Waals surface area (Å²) in [6.07, 6.45) is 1.63. The monoisotopic (exact) mass is 368 g/mol. The molecule has 2 aromatic heterocycles. The molecule has 3 N–H and O–H groups in total. The minimum atomic E-state index is -0.835. The van der Waals surface area contributed by atoms with Gasteiger partial charge in [-0.3, -0.25) is 4.79 Å². The Labute approximate surface area is 151 Å². The predicted octanol–water partition coefficient (Wildman–Crippen LogP) is 3.58. The number of nitrogens with zero attached hydrogens (tertiary/aromatic N) is 2. The van der Waals surface area contributed by atoms with Gasteiger partial charge in [-0.15, -0.1) is 0 Å². The Morgan fingerprint density at radius 2 is 1.89 bits per heavy atom. The van der Waals surface area contributed by atoms with Crippen molar-refractivity contribution in [3.05, 3.63) is 70.6 Å². The lowest BCUT2D eigenvalue weighted by atomic mass is 10.1. The zero-order chi connectivity index (χ0) is 19.1. The Morgan fingerprint density at radius 1 is 1.11 bits per heavy atom. The second-order valence-corrected chi connectivity index (χ2v) is 5.98. The van der Waals surface area contributed by atoms with Crippen molar-refractivity contribution < 1.29 is 13.5 Å². The van der Waals surface area contributed by atoms with Gasteiger partial charge in [0, 0.05) is 35.9 Å². The molecule has 0 aliphatic rings. The van der Waals surface area contributed by atoms with Gasteiger partial charge in [0.2, 0.25) is 0 Å². The lowest BCUT2D eigenvalue weighted by Gasteiger charge is -2.13. The number of fused-ring (bicyclic) bond motifs is 1. The first-order chi connectivity index (χ1) is 12.9. The molecule has 8 heteroatoms. The van der Waals surface area contributed by atoms with Crippen molar-refractivity contribution in [3.8, 4) is 22.8 Å². The van der Waals surface area contributed by atoms with E-state index in [-0.39, 0.29) is 17.1 Å². The number of rotatable bonds is 3. The van der Waals surface area contributed by atoms with Crippen LogP contribution in [0.4, 0.5) is 14.5 Å². The van der Waals surface area contributed by atoms with Crippen LogP contribution in [0.2, 0.25) is 0 Å². The van der Waals surface area contributed by atoms with Gasteiger partial charge in [-0.25, -0.2) is 13.5 Å². The first-order valence-electron chi connectivity index (χ1n) is 8.01. The second kappa shape index (κ2) is 6.24. The Hall–Kier alpha value is -3.68. The van der Waals surface area contributed by atoms with Crippen LogP contribution >= 0.6 is 0 Å². The number of nitrogens with two attached hydrogens (primary N) is 1. The minimum absolute atomic E-state index is 0.141. The van der Waals surface area contributed by atoms with E-state index in [2.05, 4.69) is 10.1 Å². The average Bonchev–Trinajstić information content (AvgIpc) is 3.12. The fourth-order valence-corrected chi connectivity index (χ4v) is 2.85. The third kappa shape index (κ3) is 2.91. The van der Waals surface area contributed by atoms with Gasteiger partial charge in [0.15, 0.2) is 11.6 Å². The molecule has 27 heavy (non-hydrogen) atoms. The third-order valence-electron chi connectivity index (χ3n) is 4.13. The van der Waals surface area contributed by atoms with Crippen molar-refractivity contribution in [1.29, 1.82) is 0 Å². The van der Waals surface area contributed by atoms with E-state index in [0.29, 0.717) is 27.8 Å². The lowest BCUT2D eigenvalue weighted by molar-refractivity contribution is 0.439. The maximum absolute atomic E-state index is 14.0. The highest BCUT2D eigenvalue weighted by atomic mass is 19.1. The molecular formula is C19H14F2N4O2. The fourth-order valence-electron chi connectivity index (χ4n) is 2.85. The normalized spacial score (nSPS) is 11.1. The SMILES string of the molecule is Cn1nc(-c2cc(N)ccc2Oc2ccc(F)cc2F)c2cc[nH]c2c1=O. The van der Waals surface area contributed by atoms with Crippen LogP contribution in [0.25, 0.3) is 22.2 Å². The van der Waals surface area contributed by atoms with Crippen molar-refractivity contribution >= 4 is 16.6 Å². The van der Waals surface area contributed by atoms with Crippen LogP contribution in [0.3, 0.4) is 0 Å². The molecule has 0 fully saturated rings. The fraction of sp³-hybridized carbons (Fsp3) is 0.0526. The topological polar surface area (TPSA) is 85.9 Å². The third-order valence-corrected chi connectivity index (χ3v) is 4.13. The number of benzene rings is 2. The number of halogens is 2. The van der Waals surface area contributed by atoms with E-state index < -0.39 is 11.6 Å². The van der Waals surface area contributed by atoms with Crippen molar-refractivity contribution in [2.45, 2.75) is 0 Å². The summed E-state index contributed by atoms with van der Waals surface area (Å²) in [5.41, 5.74) is 7.36. The van der Waals surface area contributed by atoms with Crippen molar-refractivity contribution in [2.75, 3.05) is 5.73 Å². The summed E-state index contributed by atoms with van der Waals surface area (Å²) >= 11 is 0. The molecule has 0 bridgehead atoms. The number of anilines is 1. The number of nitrogen functional groups attached to an aromatic ring is 1. The Morgan fingerprint density at radius 3 is 2.67 bits per heavy atom. The zero-order valence-electron chi connectivity index (χ0n) is 14.2. The largest absolute Gasteiger partial charge is 0.454 e. The van der Waals surface area contributed by atoms with Gasteiger partial charge in [-0.1, -0.05) is 0 Å². The van der Waals surface area contributed by atoms with E-state index in [9.17, 15) is 13.6 Å². The molecule has 0 amide bonds. The molecular weight excluding hydrogens is 354 g/mol. The molecule has 2 heterocycles. The van der Waals surface area contributed by atoms with Crippen LogP contribution in [0.15, 0.2) is 53.5 Å². The van der Waals surface area contributed by atoms with Crippen molar-refractivity contribution in [1.82, 2.24) is 14.8 Å². The molecule has 4 aromatic rings. The summed E-state index contributed by atoms with van der Waals surface area (Å²) in [6.45, 7) is 0. The Bertz CT molecular complexity index is 1230. The summed E-state index contributed by atoms with van der Waals surface area (Å²) in [7, 11) is 1.53. The van der Waals surface area contributed by atoms with Crippen LogP contribution in [-0.4, -0.2) is 14.8 Å². The van der Waals surface area contributed by atoms with E-state index >= 15 is 0 Å². The summed E-state index contributed by atoms with van der Waals surface area (Å²) in [6, 6.07) is 9.53. The number of hydrogen-bond acceptors (Lipinski definition) is 4. The summed E-state index contributed by atoms with van der Waals surface area (Å²) in [5.74, 6) is -1.41. The van der Waals surface area contributed by atoms with Crippen LogP contribution in [0.5, 0.6) is 11.5 Å². The van der Waals surface area contributed by atoms with Crippen LogP contribution in [0.1, 0.15) is 0 Å². The van der Waals surface area contributed by atoms with E-state index in [1.807, 2.05) is 0 Å². The van der Waals surface area contributed by atoms with Crippen LogP contribution in [-0.2, 0) is 7.05 Å². The van der Waals surface area contributed by atoms with E-state index in [0.717, 1.165) is 12.1 Å². The average molecular weight is 368 g/mol. The summed E-state index contributed by atoms with van der Waals surface area (Å²) in [5, 5.41) is 4.90. The number of H-pyrrole nitrogens is 1. The van der Waals surface area contributed by atoms with Gasteiger partial charge in [0.05, 0.1) is 0 Å². The molecule has 136 valence electrons. The van der Waals surface area contributed by atoms with Gasteiger partial charge in [0.25, 0.3) is 5.56 Å². The maximum Gasteiger partial charge on any atom is 0.290 e. The van der Waals surface area contributed by atoms with Gasteiger partial charge >= 0.3 is 0 Å². The highest BCUT2D eigenvalue weighted by Gasteiger charge is 2.17. The molecule has 2 aromatic carbocycles. The number of aromatic nitrogens is 3. The standard InChI is InChI=1S/C19H14F2N4O2/c1-25-19(26)18-12(6-7-23-18)17(24-25)13-9-11(22)3-5-15(13)27-16-4-2-10(20)8-14(16)21/h2-9,23H,22H2,1H3. The summed E-state index contributed by atoms with van der Waals surface area (Å²) in [4.78, 5) is 15.1. The lowest BCUT2D eigenvalue weighted by Crippen LogP contribution is -2.20. The molecule has 0 atom stereocenters. The molecule has 0 spiro atoms. The van der Waals surface area contributed by atoms with Crippen LogP contribution in [0, 0.1) is 11.6 Å². The molecule has 0 aliphatic carbocycles. The zero-order valence-corrected chi connectivity index (χ0v) is 14.2. The first-order valence-corrected chi connectivity index (χ1v) is 8.01. The highest BCUT2D eigenvalue weighted by molar-refractivity contribution is 5.94. The molecule has 0 unspecified atom stereocenters. The van der Waals surface area contributed by atoms with Gasteiger partial charge < -0.3 is 15.5 Å². The van der Waals surface area contributed by atoms with Gasteiger partial charge in [-0.2, -0.15) is 5.10 Å². The number of hydrogen-bond donors (Lipinski definition) is 2. The molecule has 0 radical (unpaired) electrons.